The van der Waals surface area contributed by atoms with Crippen LogP contribution in [0.1, 0.15) is 22.4 Å². The predicted molar refractivity (Wildman–Crippen MR) is 108 cm³/mol. The Morgan fingerprint density at radius 3 is 2.72 bits per heavy atom. The molecule has 1 aromatic heterocycles. The van der Waals surface area contributed by atoms with E-state index in [0.29, 0.717) is 31.9 Å². The fourth-order valence-corrected chi connectivity index (χ4v) is 4.27. The maximum atomic E-state index is 10.7. The van der Waals surface area contributed by atoms with Gasteiger partial charge in [0.25, 0.3) is 0 Å². The van der Waals surface area contributed by atoms with Gasteiger partial charge in [-0.1, -0.05) is 24.3 Å². The summed E-state index contributed by atoms with van der Waals surface area (Å²) >= 11 is 0. The number of aromatic nitrogens is 1. The van der Waals surface area contributed by atoms with E-state index in [2.05, 4.69) is 34.1 Å². The highest BCUT2D eigenvalue weighted by Gasteiger charge is 2.32. The van der Waals surface area contributed by atoms with Gasteiger partial charge in [-0.25, -0.2) is 4.98 Å². The van der Waals surface area contributed by atoms with Crippen LogP contribution in [0.4, 0.5) is 0 Å². The minimum atomic E-state index is -0.731. The monoisotopic (exact) mass is 393 g/mol. The molecule has 0 saturated carbocycles. The van der Waals surface area contributed by atoms with Crippen molar-refractivity contribution in [1.29, 1.82) is 5.26 Å². The van der Waals surface area contributed by atoms with Crippen LogP contribution in [0.25, 0.3) is 0 Å². The van der Waals surface area contributed by atoms with Gasteiger partial charge < -0.3 is 10.2 Å². The van der Waals surface area contributed by atoms with Gasteiger partial charge in [0.1, 0.15) is 11.8 Å². The van der Waals surface area contributed by atoms with E-state index < -0.39 is 12.5 Å². The number of nitriles is 1. The molecular formula is C22H27N5O2. The number of hydrogen-bond donors (Lipinski definition) is 2. The van der Waals surface area contributed by atoms with Gasteiger partial charge in [0.05, 0.1) is 6.10 Å². The molecule has 7 nitrogen and oxygen atoms in total. The van der Waals surface area contributed by atoms with Crippen LogP contribution in [-0.4, -0.2) is 75.1 Å². The van der Waals surface area contributed by atoms with E-state index >= 15 is 0 Å². The molecule has 152 valence electrons. The zero-order valence-corrected chi connectivity index (χ0v) is 16.5. The molecule has 2 N–H and O–H groups in total. The van der Waals surface area contributed by atoms with Crippen molar-refractivity contribution in [3.05, 3.63) is 65.0 Å². The lowest BCUT2D eigenvalue weighted by atomic mass is 10.00. The fourth-order valence-electron chi connectivity index (χ4n) is 4.27. The average molecular weight is 393 g/mol. The summed E-state index contributed by atoms with van der Waals surface area (Å²) in [5.41, 5.74) is 4.07. The van der Waals surface area contributed by atoms with Gasteiger partial charge in [-0.2, -0.15) is 5.26 Å². The highest BCUT2D eigenvalue weighted by molar-refractivity contribution is 5.29. The van der Waals surface area contributed by atoms with Crippen molar-refractivity contribution in [3.8, 4) is 6.07 Å². The molecule has 2 aliphatic heterocycles. The minimum Gasteiger partial charge on any atom is -0.390 e. The van der Waals surface area contributed by atoms with E-state index in [0.717, 1.165) is 31.6 Å². The van der Waals surface area contributed by atoms with Gasteiger partial charge in [0, 0.05) is 52.0 Å². The van der Waals surface area contributed by atoms with Gasteiger partial charge in [-0.15, -0.1) is 0 Å². The maximum absolute atomic E-state index is 10.7. The molecule has 1 saturated heterocycles. The second-order valence-corrected chi connectivity index (χ2v) is 7.88. The largest absolute Gasteiger partial charge is 0.390 e. The summed E-state index contributed by atoms with van der Waals surface area (Å²) in [4.78, 5) is 10.1. The second kappa shape index (κ2) is 8.99. The van der Waals surface area contributed by atoms with E-state index in [-0.39, 0.29) is 0 Å². The molecule has 0 radical (unpaired) electrons. The highest BCUT2D eigenvalue weighted by atomic mass is 16.3. The number of aliphatic hydroxyl groups excluding tert-OH is 2. The molecule has 2 unspecified atom stereocenters. The molecule has 7 heteroatoms. The van der Waals surface area contributed by atoms with Crippen molar-refractivity contribution >= 4 is 0 Å². The lowest BCUT2D eigenvalue weighted by Gasteiger charge is -2.32. The number of nitrogens with zero attached hydrogens (tertiary/aromatic N) is 5. The smallest absolute Gasteiger partial charge is 0.166 e. The van der Waals surface area contributed by atoms with Crippen LogP contribution in [0.2, 0.25) is 0 Å². The van der Waals surface area contributed by atoms with Crippen LogP contribution in [0.3, 0.4) is 0 Å². The Balaban J connectivity index is 1.28. The van der Waals surface area contributed by atoms with Gasteiger partial charge in [-0.3, -0.25) is 14.7 Å². The van der Waals surface area contributed by atoms with Gasteiger partial charge in [0.2, 0.25) is 0 Å². The summed E-state index contributed by atoms with van der Waals surface area (Å²) in [6.07, 6.45) is 1.39. The molecule has 4 rings (SSSR count). The van der Waals surface area contributed by atoms with Crippen LogP contribution >= 0.6 is 0 Å². The summed E-state index contributed by atoms with van der Waals surface area (Å²) in [7, 11) is 0. The highest BCUT2D eigenvalue weighted by Crippen LogP contribution is 2.20. The second-order valence-electron chi connectivity index (χ2n) is 7.88. The lowest BCUT2D eigenvalue weighted by molar-refractivity contribution is -0.0761. The Kier molecular flexibility index (Phi) is 6.19. The number of rotatable bonds is 6. The van der Waals surface area contributed by atoms with Crippen LogP contribution in [0.5, 0.6) is 0 Å². The molecular weight excluding hydrogens is 366 g/mol. The Hall–Kier alpha value is -2.34. The molecule has 0 spiro atoms. The van der Waals surface area contributed by atoms with E-state index in [1.165, 1.54) is 11.1 Å². The van der Waals surface area contributed by atoms with Crippen LogP contribution < -0.4 is 0 Å². The SMILES string of the molecule is N#Cc1cc(CN2CCN(CC(O)CN3CCc4ccccc4C3)C2O)ccn1. The third-order valence-electron chi connectivity index (χ3n) is 5.78. The van der Waals surface area contributed by atoms with Crippen molar-refractivity contribution in [1.82, 2.24) is 19.7 Å². The zero-order valence-electron chi connectivity index (χ0n) is 16.5. The number of fused-ring (bicyclic) bond motifs is 1. The number of hydrogen-bond acceptors (Lipinski definition) is 7. The molecule has 0 aliphatic carbocycles. The molecule has 0 bridgehead atoms. The molecule has 0 amide bonds. The molecule has 1 fully saturated rings. The molecule has 2 aromatic rings. The lowest BCUT2D eigenvalue weighted by Crippen LogP contribution is -2.45. The number of aliphatic hydroxyl groups is 2. The summed E-state index contributed by atoms with van der Waals surface area (Å²) in [6, 6.07) is 14.1. The first kappa shape index (κ1) is 20.0. The van der Waals surface area contributed by atoms with Crippen molar-refractivity contribution in [3.63, 3.8) is 0 Å². The Bertz CT molecular complexity index is 884. The molecule has 2 aliphatic rings. The fraction of sp³-hybridized carbons (Fsp3) is 0.455. The minimum absolute atomic E-state index is 0.381. The summed E-state index contributed by atoms with van der Waals surface area (Å²) in [6.45, 7) is 4.83. The van der Waals surface area contributed by atoms with Gasteiger partial charge in [-0.05, 0) is 35.2 Å². The Morgan fingerprint density at radius 1 is 1.10 bits per heavy atom. The van der Waals surface area contributed by atoms with Gasteiger partial charge in [0.15, 0.2) is 6.35 Å². The quantitative estimate of drug-likeness (QED) is 0.749. The van der Waals surface area contributed by atoms with Crippen LogP contribution in [0, 0.1) is 11.3 Å². The third kappa shape index (κ3) is 4.81. The maximum Gasteiger partial charge on any atom is 0.166 e. The number of β-amino-alcohol motifs (C(OH)–C–C–N with tert-alkyl or cyclic N) is 1. The normalized spacial score (nSPS) is 21.6. The van der Waals surface area contributed by atoms with E-state index in [9.17, 15) is 10.2 Å². The molecule has 2 atom stereocenters. The van der Waals surface area contributed by atoms with Crippen molar-refractivity contribution < 1.29 is 10.2 Å². The van der Waals surface area contributed by atoms with Gasteiger partial charge >= 0.3 is 0 Å². The zero-order chi connectivity index (χ0) is 20.2. The Labute approximate surface area is 171 Å². The summed E-state index contributed by atoms with van der Waals surface area (Å²) in [5, 5.41) is 30.3. The average Bonchev–Trinajstić information content (AvgIpc) is 3.07. The van der Waals surface area contributed by atoms with E-state index in [1.54, 1.807) is 12.3 Å². The van der Waals surface area contributed by atoms with Crippen molar-refractivity contribution in [2.45, 2.75) is 32.0 Å². The van der Waals surface area contributed by atoms with Crippen LogP contribution in [0.15, 0.2) is 42.6 Å². The van der Waals surface area contributed by atoms with E-state index in [1.807, 2.05) is 21.9 Å². The van der Waals surface area contributed by atoms with Crippen molar-refractivity contribution in [2.24, 2.45) is 0 Å². The van der Waals surface area contributed by atoms with E-state index in [4.69, 9.17) is 5.26 Å². The first-order chi connectivity index (χ1) is 14.1. The Morgan fingerprint density at radius 2 is 1.90 bits per heavy atom. The third-order valence-corrected chi connectivity index (χ3v) is 5.78. The standard InChI is InChI=1S/C22H27N5O2/c23-12-20-11-17(5-7-24-20)13-26-9-10-27(22(26)29)16-21(28)15-25-8-6-18-3-1-2-4-19(18)14-25/h1-5,7,11,21-22,28-29H,6,8-10,13-16H2. The first-order valence-corrected chi connectivity index (χ1v) is 10.1. The number of pyridine rings is 1. The molecule has 3 heterocycles. The number of benzene rings is 1. The topological polar surface area (TPSA) is 86.9 Å². The van der Waals surface area contributed by atoms with Crippen molar-refractivity contribution in [2.75, 3.05) is 32.7 Å². The molecule has 29 heavy (non-hydrogen) atoms. The molecule has 1 aromatic carbocycles. The first-order valence-electron chi connectivity index (χ1n) is 10.1. The van der Waals surface area contributed by atoms with Crippen LogP contribution in [-0.2, 0) is 19.5 Å². The summed E-state index contributed by atoms with van der Waals surface area (Å²) < 4.78 is 0. The summed E-state index contributed by atoms with van der Waals surface area (Å²) in [5.74, 6) is 0. The predicted octanol–water partition coefficient (Wildman–Crippen LogP) is 0.766.